The predicted octanol–water partition coefficient (Wildman–Crippen LogP) is 2.53. The van der Waals surface area contributed by atoms with Gasteiger partial charge >= 0.3 is 6.09 Å². The van der Waals surface area contributed by atoms with Crippen LogP contribution in [0.4, 0.5) is 19.3 Å². The lowest BCUT2D eigenvalue weighted by Gasteiger charge is -2.32. The molecule has 0 aromatic heterocycles. The molecule has 132 valence electrons. The number of aliphatic imine (C=N–C) groups is 1. The Kier molecular flexibility index (Phi) is 5.08. The van der Waals surface area contributed by atoms with Gasteiger partial charge in [0.2, 0.25) is 0 Å². The van der Waals surface area contributed by atoms with Crippen LogP contribution >= 0.6 is 0 Å². The van der Waals surface area contributed by atoms with Crippen molar-refractivity contribution in [1.82, 2.24) is 5.32 Å². The molecule has 0 saturated carbocycles. The summed E-state index contributed by atoms with van der Waals surface area (Å²) in [7, 11) is 0. The number of hydrogen-bond donors (Lipinski definition) is 2. The normalized spacial score (nSPS) is 21.1. The minimum Gasteiger partial charge on any atom is -0.444 e. The van der Waals surface area contributed by atoms with Gasteiger partial charge in [0, 0.05) is 11.3 Å². The minimum atomic E-state index is -1.60. The molecule has 1 aliphatic heterocycles. The number of carbonyl (C=O) groups is 1. The topological polar surface area (TPSA) is 85.9 Å². The van der Waals surface area contributed by atoms with Crippen LogP contribution in [0.25, 0.3) is 0 Å². The number of anilines is 1. The second kappa shape index (κ2) is 6.72. The molecule has 0 aliphatic carbocycles. The highest BCUT2D eigenvalue weighted by atomic mass is 19.1. The Labute approximate surface area is 139 Å². The lowest BCUT2D eigenvalue weighted by Crippen LogP contribution is -2.46. The van der Waals surface area contributed by atoms with E-state index in [1.165, 1.54) is 12.1 Å². The van der Waals surface area contributed by atoms with Crippen molar-refractivity contribution in [1.29, 1.82) is 0 Å². The number of alkyl carbamates (subject to hydrolysis) is 1. The molecule has 24 heavy (non-hydrogen) atoms. The Morgan fingerprint density at radius 1 is 1.50 bits per heavy atom. The van der Waals surface area contributed by atoms with E-state index in [-0.39, 0.29) is 30.3 Å². The van der Waals surface area contributed by atoms with Crippen LogP contribution in [-0.4, -0.2) is 37.4 Å². The summed E-state index contributed by atoms with van der Waals surface area (Å²) < 4.78 is 38.4. The van der Waals surface area contributed by atoms with E-state index in [1.807, 2.05) is 0 Å². The third-order valence-electron chi connectivity index (χ3n) is 3.29. The van der Waals surface area contributed by atoms with E-state index < -0.39 is 29.7 Å². The molecule has 1 aliphatic rings. The van der Waals surface area contributed by atoms with Gasteiger partial charge in [0.15, 0.2) is 0 Å². The van der Waals surface area contributed by atoms with Crippen molar-refractivity contribution in [2.75, 3.05) is 25.6 Å². The first-order valence-electron chi connectivity index (χ1n) is 7.43. The zero-order chi connectivity index (χ0) is 18.0. The zero-order valence-electron chi connectivity index (χ0n) is 13.9. The minimum absolute atomic E-state index is 0.0202. The van der Waals surface area contributed by atoms with Gasteiger partial charge in [-0.25, -0.2) is 13.6 Å². The van der Waals surface area contributed by atoms with E-state index in [9.17, 15) is 13.6 Å². The largest absolute Gasteiger partial charge is 0.444 e. The number of hydrogen-bond acceptors (Lipinski definition) is 5. The summed E-state index contributed by atoms with van der Waals surface area (Å²) in [4.78, 5) is 16.0. The number of carbonyl (C=O) groups excluding carboxylic acids is 1. The van der Waals surface area contributed by atoms with Gasteiger partial charge in [-0.3, -0.25) is 10.3 Å². The Hall–Kier alpha value is -2.22. The molecule has 0 bridgehead atoms. The lowest BCUT2D eigenvalue weighted by molar-refractivity contribution is 0.0528. The van der Waals surface area contributed by atoms with Crippen molar-refractivity contribution in [3.8, 4) is 0 Å². The maximum Gasteiger partial charge on any atom is 0.413 e. The molecule has 1 aromatic rings. The number of nitrogens with two attached hydrogens (primary N) is 1. The summed E-state index contributed by atoms with van der Waals surface area (Å²) in [5, 5.41) is 2.41. The average Bonchev–Trinajstić information content (AvgIpc) is 2.47. The number of nitrogens with one attached hydrogen (secondary N) is 1. The van der Waals surface area contributed by atoms with Gasteiger partial charge in [0.05, 0.1) is 6.61 Å². The summed E-state index contributed by atoms with van der Waals surface area (Å²) in [5.41, 5.74) is 3.63. The fourth-order valence-corrected chi connectivity index (χ4v) is 2.30. The van der Waals surface area contributed by atoms with Gasteiger partial charge in [0.25, 0.3) is 0 Å². The van der Waals surface area contributed by atoms with Gasteiger partial charge in [-0.2, -0.15) is 0 Å². The van der Waals surface area contributed by atoms with Gasteiger partial charge < -0.3 is 15.2 Å². The van der Waals surface area contributed by atoms with E-state index >= 15 is 0 Å². The molecule has 0 unspecified atom stereocenters. The zero-order valence-corrected chi connectivity index (χ0v) is 13.9. The standard InChI is InChI=1S/C16H21F2N3O3/c1-15(2,3)24-14(22)20-13-7-23-9-16(8-17,21-13)11-6-10(19)4-5-12(11)18/h4-6H,7-9,19H2,1-3H3,(H,20,21,22)/t16-/m1/s1. The first-order chi connectivity index (χ1) is 11.1. The monoisotopic (exact) mass is 341 g/mol. The lowest BCUT2D eigenvalue weighted by atomic mass is 9.91. The molecule has 1 amide bonds. The number of nitrogens with zero attached hydrogens (tertiary/aromatic N) is 1. The Morgan fingerprint density at radius 2 is 2.21 bits per heavy atom. The van der Waals surface area contributed by atoms with E-state index in [1.54, 1.807) is 20.8 Å². The summed E-state index contributed by atoms with van der Waals surface area (Å²) in [5.74, 6) is -0.581. The number of amides is 1. The third-order valence-corrected chi connectivity index (χ3v) is 3.29. The number of alkyl halides is 1. The van der Waals surface area contributed by atoms with Gasteiger partial charge in [-0.1, -0.05) is 0 Å². The second-order valence-corrected chi connectivity index (χ2v) is 6.58. The number of ether oxygens (including phenoxy) is 2. The van der Waals surface area contributed by atoms with E-state index in [2.05, 4.69) is 10.3 Å². The molecule has 8 heteroatoms. The Bertz CT molecular complexity index is 658. The van der Waals surface area contributed by atoms with Gasteiger partial charge in [-0.05, 0) is 39.0 Å². The fraction of sp³-hybridized carbons (Fsp3) is 0.500. The maximum absolute atomic E-state index is 14.1. The summed E-state index contributed by atoms with van der Waals surface area (Å²) in [6.45, 7) is 3.92. The summed E-state index contributed by atoms with van der Waals surface area (Å²) in [6.07, 6.45) is -0.743. The number of amidine groups is 1. The number of rotatable bonds is 2. The molecule has 1 atom stereocenters. The number of nitrogen functional groups attached to an aromatic ring is 1. The van der Waals surface area contributed by atoms with Crippen LogP contribution in [0.15, 0.2) is 23.2 Å². The van der Waals surface area contributed by atoms with Crippen molar-refractivity contribution in [2.45, 2.75) is 31.9 Å². The van der Waals surface area contributed by atoms with Gasteiger partial charge in [-0.15, -0.1) is 0 Å². The predicted molar refractivity (Wildman–Crippen MR) is 86.1 cm³/mol. The molecular weight excluding hydrogens is 320 g/mol. The van der Waals surface area contributed by atoms with Crippen LogP contribution in [-0.2, 0) is 15.0 Å². The van der Waals surface area contributed by atoms with E-state index in [0.717, 1.165) is 6.07 Å². The molecule has 0 saturated heterocycles. The van der Waals surface area contributed by atoms with E-state index in [0.29, 0.717) is 0 Å². The van der Waals surface area contributed by atoms with Crippen LogP contribution < -0.4 is 11.1 Å². The van der Waals surface area contributed by atoms with E-state index in [4.69, 9.17) is 15.2 Å². The molecule has 0 spiro atoms. The molecule has 0 radical (unpaired) electrons. The van der Waals surface area contributed by atoms with Crippen LogP contribution in [0.5, 0.6) is 0 Å². The van der Waals surface area contributed by atoms with Crippen molar-refractivity contribution >= 4 is 17.6 Å². The maximum atomic E-state index is 14.1. The average molecular weight is 341 g/mol. The molecular formula is C16H21F2N3O3. The molecule has 3 N–H and O–H groups in total. The highest BCUT2D eigenvalue weighted by Crippen LogP contribution is 2.32. The molecule has 1 heterocycles. The Balaban J connectivity index is 2.30. The van der Waals surface area contributed by atoms with Crippen molar-refractivity contribution in [3.05, 3.63) is 29.6 Å². The molecule has 1 aromatic carbocycles. The Morgan fingerprint density at radius 3 is 2.83 bits per heavy atom. The van der Waals surface area contributed by atoms with Crippen LogP contribution in [0.2, 0.25) is 0 Å². The highest BCUT2D eigenvalue weighted by molar-refractivity contribution is 5.96. The van der Waals surface area contributed by atoms with Gasteiger partial charge in [0.1, 0.15) is 36.1 Å². The quantitative estimate of drug-likeness (QED) is 0.810. The molecule has 0 fully saturated rings. The summed E-state index contributed by atoms with van der Waals surface area (Å²) in [6, 6.07) is 3.84. The van der Waals surface area contributed by atoms with Crippen molar-refractivity contribution in [2.24, 2.45) is 4.99 Å². The molecule has 2 rings (SSSR count). The third kappa shape index (κ3) is 4.19. The first-order valence-corrected chi connectivity index (χ1v) is 7.43. The first kappa shape index (κ1) is 18.1. The SMILES string of the molecule is CC(C)(C)OC(=O)NC1=N[C@@](CF)(c2cc(N)ccc2F)COC1. The second-order valence-electron chi connectivity index (χ2n) is 6.58. The van der Waals surface area contributed by atoms with Crippen LogP contribution in [0.1, 0.15) is 26.3 Å². The van der Waals surface area contributed by atoms with Crippen molar-refractivity contribution < 1.29 is 23.0 Å². The smallest absolute Gasteiger partial charge is 0.413 e. The number of benzene rings is 1. The fourth-order valence-electron chi connectivity index (χ4n) is 2.30. The van der Waals surface area contributed by atoms with Crippen LogP contribution in [0.3, 0.4) is 0 Å². The highest BCUT2D eigenvalue weighted by Gasteiger charge is 2.39. The molecule has 6 nitrogen and oxygen atoms in total. The van der Waals surface area contributed by atoms with Crippen LogP contribution in [0, 0.1) is 5.82 Å². The summed E-state index contributed by atoms with van der Waals surface area (Å²) >= 11 is 0. The number of halogens is 2. The van der Waals surface area contributed by atoms with Crippen molar-refractivity contribution in [3.63, 3.8) is 0 Å².